The minimum atomic E-state index is -0.408. The van der Waals surface area contributed by atoms with Crippen LogP contribution in [0, 0.1) is 0 Å². The topological polar surface area (TPSA) is 70.2 Å². The molecule has 0 aromatic heterocycles. The van der Waals surface area contributed by atoms with Crippen molar-refractivity contribution in [3.05, 3.63) is 29.8 Å². The molecule has 5 nitrogen and oxygen atoms in total. The molecule has 1 unspecified atom stereocenters. The van der Waals surface area contributed by atoms with E-state index in [2.05, 4.69) is 22.9 Å². The van der Waals surface area contributed by atoms with Gasteiger partial charge in [-0.1, -0.05) is 6.92 Å². The summed E-state index contributed by atoms with van der Waals surface area (Å²) in [6.45, 7) is 3.71. The zero-order chi connectivity index (χ0) is 14.4. The van der Waals surface area contributed by atoms with Crippen molar-refractivity contribution in [3.8, 4) is 0 Å². The first-order valence-corrected chi connectivity index (χ1v) is 7.13. The zero-order valence-electron chi connectivity index (χ0n) is 11.7. The van der Waals surface area contributed by atoms with Crippen LogP contribution >= 0.6 is 0 Å². The van der Waals surface area contributed by atoms with Gasteiger partial charge in [-0.05, 0) is 43.5 Å². The summed E-state index contributed by atoms with van der Waals surface area (Å²) in [6, 6.07) is 6.90. The fourth-order valence-electron chi connectivity index (χ4n) is 2.16. The van der Waals surface area contributed by atoms with Gasteiger partial charge in [0.05, 0.1) is 0 Å². The maximum absolute atomic E-state index is 12.1. The van der Waals surface area contributed by atoms with E-state index in [0.717, 1.165) is 25.1 Å². The summed E-state index contributed by atoms with van der Waals surface area (Å²) >= 11 is 0. The Balaban J connectivity index is 1.93. The third kappa shape index (κ3) is 3.73. The van der Waals surface area contributed by atoms with E-state index in [0.29, 0.717) is 18.5 Å². The van der Waals surface area contributed by atoms with Crippen molar-refractivity contribution < 1.29 is 9.59 Å². The molecule has 1 heterocycles. The van der Waals surface area contributed by atoms with Crippen molar-refractivity contribution in [3.63, 3.8) is 0 Å². The van der Waals surface area contributed by atoms with Crippen molar-refractivity contribution in [1.82, 2.24) is 10.6 Å². The third-order valence-electron chi connectivity index (χ3n) is 3.32. The molecule has 2 rings (SSSR count). The number of hydrogen-bond donors (Lipinski definition) is 3. The summed E-state index contributed by atoms with van der Waals surface area (Å²) in [4.78, 5) is 23.7. The van der Waals surface area contributed by atoms with Crippen LogP contribution < -0.4 is 16.0 Å². The standard InChI is InChI=1S/C15H21N3O2/c1-2-9-16-12-7-5-11(6-8-12)14(19)18-13-4-3-10-17-15(13)20/h5-8,13,16H,2-4,9-10H2,1H3,(H,17,20)(H,18,19). The SMILES string of the molecule is CCCNc1ccc(C(=O)NC2CCCNC2=O)cc1. The summed E-state index contributed by atoms with van der Waals surface area (Å²) in [5.41, 5.74) is 1.57. The van der Waals surface area contributed by atoms with E-state index >= 15 is 0 Å². The molecule has 0 spiro atoms. The lowest BCUT2D eigenvalue weighted by Crippen LogP contribution is -2.50. The Hall–Kier alpha value is -2.04. The van der Waals surface area contributed by atoms with Crippen LogP contribution in [0.5, 0.6) is 0 Å². The Morgan fingerprint density at radius 2 is 2.10 bits per heavy atom. The normalized spacial score (nSPS) is 18.2. The monoisotopic (exact) mass is 275 g/mol. The zero-order valence-corrected chi connectivity index (χ0v) is 11.7. The summed E-state index contributed by atoms with van der Waals surface area (Å²) in [6.07, 6.45) is 2.66. The Kier molecular flexibility index (Phi) is 4.98. The van der Waals surface area contributed by atoms with Crippen LogP contribution in [0.1, 0.15) is 36.5 Å². The lowest BCUT2D eigenvalue weighted by Gasteiger charge is -2.22. The lowest BCUT2D eigenvalue weighted by atomic mass is 10.1. The molecule has 1 aliphatic heterocycles. The van der Waals surface area contributed by atoms with Crippen molar-refractivity contribution in [1.29, 1.82) is 0 Å². The number of carbonyl (C=O) groups is 2. The fraction of sp³-hybridized carbons (Fsp3) is 0.467. The number of piperidine rings is 1. The first kappa shape index (κ1) is 14.4. The van der Waals surface area contributed by atoms with Gasteiger partial charge in [0.25, 0.3) is 5.91 Å². The Morgan fingerprint density at radius 1 is 1.35 bits per heavy atom. The molecule has 20 heavy (non-hydrogen) atoms. The number of carbonyl (C=O) groups excluding carboxylic acids is 2. The molecule has 0 saturated carbocycles. The minimum Gasteiger partial charge on any atom is -0.385 e. The van der Waals surface area contributed by atoms with Gasteiger partial charge in [-0.2, -0.15) is 0 Å². The molecular weight excluding hydrogens is 254 g/mol. The largest absolute Gasteiger partial charge is 0.385 e. The molecule has 2 amide bonds. The van der Waals surface area contributed by atoms with Gasteiger partial charge < -0.3 is 16.0 Å². The van der Waals surface area contributed by atoms with Gasteiger partial charge in [0, 0.05) is 24.3 Å². The van der Waals surface area contributed by atoms with Crippen LogP contribution in [-0.4, -0.2) is 30.9 Å². The van der Waals surface area contributed by atoms with E-state index in [9.17, 15) is 9.59 Å². The van der Waals surface area contributed by atoms with Gasteiger partial charge in [0.2, 0.25) is 5.91 Å². The van der Waals surface area contributed by atoms with Crippen molar-refractivity contribution >= 4 is 17.5 Å². The van der Waals surface area contributed by atoms with E-state index in [1.54, 1.807) is 12.1 Å². The van der Waals surface area contributed by atoms with E-state index < -0.39 is 6.04 Å². The molecule has 3 N–H and O–H groups in total. The van der Waals surface area contributed by atoms with E-state index in [1.807, 2.05) is 12.1 Å². The predicted molar refractivity (Wildman–Crippen MR) is 78.7 cm³/mol. The molecule has 1 fully saturated rings. The highest BCUT2D eigenvalue weighted by molar-refractivity contribution is 5.97. The second-order valence-electron chi connectivity index (χ2n) is 4.96. The molecule has 1 saturated heterocycles. The number of hydrogen-bond acceptors (Lipinski definition) is 3. The summed E-state index contributed by atoms with van der Waals surface area (Å²) in [5.74, 6) is -0.292. The van der Waals surface area contributed by atoms with Crippen LogP contribution in [0.2, 0.25) is 0 Å². The number of benzene rings is 1. The van der Waals surface area contributed by atoms with E-state index in [4.69, 9.17) is 0 Å². The third-order valence-corrected chi connectivity index (χ3v) is 3.32. The maximum Gasteiger partial charge on any atom is 0.251 e. The highest BCUT2D eigenvalue weighted by Crippen LogP contribution is 2.11. The number of anilines is 1. The second-order valence-corrected chi connectivity index (χ2v) is 4.96. The van der Waals surface area contributed by atoms with Crippen LogP contribution in [0.15, 0.2) is 24.3 Å². The van der Waals surface area contributed by atoms with Crippen LogP contribution in [0.3, 0.4) is 0 Å². The van der Waals surface area contributed by atoms with Crippen molar-refractivity contribution in [2.75, 3.05) is 18.4 Å². The van der Waals surface area contributed by atoms with Gasteiger partial charge in [0.15, 0.2) is 0 Å². The lowest BCUT2D eigenvalue weighted by molar-refractivity contribution is -0.124. The summed E-state index contributed by atoms with van der Waals surface area (Å²) in [7, 11) is 0. The molecule has 1 atom stereocenters. The maximum atomic E-state index is 12.1. The highest BCUT2D eigenvalue weighted by Gasteiger charge is 2.23. The molecule has 1 aromatic carbocycles. The fourth-order valence-corrected chi connectivity index (χ4v) is 2.16. The predicted octanol–water partition coefficient (Wildman–Crippen LogP) is 1.52. The number of rotatable bonds is 5. The molecule has 5 heteroatoms. The van der Waals surface area contributed by atoms with E-state index in [-0.39, 0.29) is 11.8 Å². The van der Waals surface area contributed by atoms with Crippen LogP contribution in [0.25, 0.3) is 0 Å². The van der Waals surface area contributed by atoms with Crippen LogP contribution in [0.4, 0.5) is 5.69 Å². The van der Waals surface area contributed by atoms with Gasteiger partial charge in [-0.25, -0.2) is 0 Å². The average molecular weight is 275 g/mol. The smallest absolute Gasteiger partial charge is 0.251 e. The molecule has 1 aromatic rings. The molecular formula is C15H21N3O2. The Morgan fingerprint density at radius 3 is 2.75 bits per heavy atom. The van der Waals surface area contributed by atoms with Gasteiger partial charge >= 0.3 is 0 Å². The van der Waals surface area contributed by atoms with Gasteiger partial charge in [0.1, 0.15) is 6.04 Å². The Bertz CT molecular complexity index is 471. The quantitative estimate of drug-likeness (QED) is 0.763. The average Bonchev–Trinajstić information content (AvgIpc) is 2.48. The van der Waals surface area contributed by atoms with Gasteiger partial charge in [-0.15, -0.1) is 0 Å². The molecule has 0 aliphatic carbocycles. The summed E-state index contributed by atoms with van der Waals surface area (Å²) < 4.78 is 0. The van der Waals surface area contributed by atoms with Gasteiger partial charge in [-0.3, -0.25) is 9.59 Å². The highest BCUT2D eigenvalue weighted by atomic mass is 16.2. The molecule has 108 valence electrons. The second kappa shape index (κ2) is 6.93. The first-order valence-electron chi connectivity index (χ1n) is 7.13. The number of nitrogens with one attached hydrogen (secondary N) is 3. The number of amides is 2. The first-order chi connectivity index (χ1) is 9.70. The van der Waals surface area contributed by atoms with Crippen LogP contribution in [-0.2, 0) is 4.79 Å². The Labute approximate surface area is 119 Å². The van der Waals surface area contributed by atoms with Crippen molar-refractivity contribution in [2.45, 2.75) is 32.2 Å². The van der Waals surface area contributed by atoms with E-state index in [1.165, 1.54) is 0 Å². The molecule has 1 aliphatic rings. The molecule has 0 radical (unpaired) electrons. The molecule has 0 bridgehead atoms. The minimum absolute atomic E-state index is 0.0918. The van der Waals surface area contributed by atoms with Crippen molar-refractivity contribution in [2.24, 2.45) is 0 Å². The summed E-state index contributed by atoms with van der Waals surface area (Å²) in [5, 5.41) is 8.79.